The topological polar surface area (TPSA) is 49.7 Å². The molecule has 0 unspecified atom stereocenters. The van der Waals surface area contributed by atoms with E-state index in [1.54, 1.807) is 6.08 Å². The number of aliphatic hydroxyl groups excluding tert-OH is 2. The van der Waals surface area contributed by atoms with Crippen LogP contribution in [0.5, 0.6) is 0 Å². The quantitative estimate of drug-likeness (QED) is 0.329. The first-order valence-electron chi connectivity index (χ1n) is 8.78. The Hall–Kier alpha value is -0.163. The molecule has 3 nitrogen and oxygen atoms in total. The van der Waals surface area contributed by atoms with Crippen molar-refractivity contribution in [2.24, 2.45) is 0 Å². The molecule has 2 atom stereocenters. The highest BCUT2D eigenvalue weighted by Crippen LogP contribution is 2.36. The first-order chi connectivity index (χ1) is 10.1. The lowest BCUT2D eigenvalue weighted by molar-refractivity contribution is 0.0416. The zero-order valence-electron chi connectivity index (χ0n) is 15.6. The van der Waals surface area contributed by atoms with Gasteiger partial charge in [0.05, 0.1) is 12.2 Å². The van der Waals surface area contributed by atoms with Gasteiger partial charge in [-0.1, -0.05) is 52.7 Å². The fourth-order valence-corrected chi connectivity index (χ4v) is 2.94. The summed E-state index contributed by atoms with van der Waals surface area (Å²) >= 11 is 0. The Morgan fingerprint density at radius 3 is 2.27 bits per heavy atom. The van der Waals surface area contributed by atoms with Crippen LogP contribution in [0.2, 0.25) is 18.1 Å². The standard InChI is InChI=1S/C18H38O3Si/c1-7-8-13-16(19)17(20)14-11-9-10-12-15-21-22(5,6)18(2,3)4/h11,14,16-17,19-20H,7-10,12-13,15H2,1-6H3/b14-11-/t16-,17-/m0/s1. The molecule has 0 aliphatic heterocycles. The van der Waals surface area contributed by atoms with Gasteiger partial charge in [-0.2, -0.15) is 0 Å². The number of allylic oxidation sites excluding steroid dienone is 1. The Morgan fingerprint density at radius 1 is 1.09 bits per heavy atom. The summed E-state index contributed by atoms with van der Waals surface area (Å²) in [4.78, 5) is 0. The maximum absolute atomic E-state index is 9.79. The lowest BCUT2D eigenvalue weighted by Crippen LogP contribution is -2.40. The summed E-state index contributed by atoms with van der Waals surface area (Å²) < 4.78 is 6.13. The molecule has 0 bridgehead atoms. The molecular formula is C18H38O3Si. The van der Waals surface area contributed by atoms with E-state index in [2.05, 4.69) is 40.8 Å². The van der Waals surface area contributed by atoms with Gasteiger partial charge >= 0.3 is 0 Å². The predicted molar refractivity (Wildman–Crippen MR) is 97.7 cm³/mol. The second kappa shape index (κ2) is 10.6. The maximum atomic E-state index is 9.79. The van der Waals surface area contributed by atoms with E-state index in [0.29, 0.717) is 6.42 Å². The van der Waals surface area contributed by atoms with Gasteiger partial charge in [-0.05, 0) is 43.8 Å². The molecule has 22 heavy (non-hydrogen) atoms. The molecule has 0 aromatic carbocycles. The molecule has 0 rings (SSSR count). The monoisotopic (exact) mass is 330 g/mol. The van der Waals surface area contributed by atoms with Crippen molar-refractivity contribution in [3.05, 3.63) is 12.2 Å². The summed E-state index contributed by atoms with van der Waals surface area (Å²) in [6, 6.07) is 0. The van der Waals surface area contributed by atoms with Crippen LogP contribution in [0.15, 0.2) is 12.2 Å². The molecule has 2 N–H and O–H groups in total. The van der Waals surface area contributed by atoms with Gasteiger partial charge in [0.2, 0.25) is 0 Å². The van der Waals surface area contributed by atoms with E-state index in [1.807, 2.05) is 6.08 Å². The molecule has 0 aliphatic rings. The van der Waals surface area contributed by atoms with Gasteiger partial charge in [0.1, 0.15) is 0 Å². The van der Waals surface area contributed by atoms with Crippen molar-refractivity contribution in [1.82, 2.24) is 0 Å². The smallest absolute Gasteiger partial charge is 0.191 e. The van der Waals surface area contributed by atoms with Crippen molar-refractivity contribution in [1.29, 1.82) is 0 Å². The molecule has 0 aliphatic carbocycles. The average Bonchev–Trinajstić information content (AvgIpc) is 2.42. The zero-order valence-corrected chi connectivity index (χ0v) is 16.6. The van der Waals surface area contributed by atoms with E-state index in [9.17, 15) is 10.2 Å². The van der Waals surface area contributed by atoms with E-state index in [4.69, 9.17) is 4.43 Å². The van der Waals surface area contributed by atoms with Crippen LogP contribution in [0.3, 0.4) is 0 Å². The molecule has 0 radical (unpaired) electrons. The first-order valence-corrected chi connectivity index (χ1v) is 11.7. The van der Waals surface area contributed by atoms with Gasteiger partial charge < -0.3 is 14.6 Å². The Morgan fingerprint density at radius 2 is 1.73 bits per heavy atom. The van der Waals surface area contributed by atoms with Crippen molar-refractivity contribution in [3.63, 3.8) is 0 Å². The zero-order chi connectivity index (χ0) is 17.2. The van der Waals surface area contributed by atoms with E-state index in [-0.39, 0.29) is 5.04 Å². The normalized spacial score (nSPS) is 16.2. The lowest BCUT2D eigenvalue weighted by atomic mass is 10.1. The minimum absolute atomic E-state index is 0.269. The van der Waals surface area contributed by atoms with Gasteiger partial charge in [0.25, 0.3) is 0 Å². The van der Waals surface area contributed by atoms with Crippen LogP contribution in [0.1, 0.15) is 66.2 Å². The number of aliphatic hydroxyl groups is 2. The minimum Gasteiger partial charge on any atom is -0.417 e. The molecule has 0 saturated heterocycles. The molecule has 0 heterocycles. The van der Waals surface area contributed by atoms with Gasteiger partial charge in [-0.15, -0.1) is 0 Å². The molecule has 0 aromatic rings. The van der Waals surface area contributed by atoms with Crippen molar-refractivity contribution >= 4 is 8.32 Å². The van der Waals surface area contributed by atoms with Crippen LogP contribution in [-0.4, -0.2) is 37.3 Å². The van der Waals surface area contributed by atoms with Crippen LogP contribution < -0.4 is 0 Å². The number of unbranched alkanes of at least 4 members (excludes halogenated alkanes) is 3. The van der Waals surface area contributed by atoms with E-state index < -0.39 is 20.5 Å². The first kappa shape index (κ1) is 21.8. The largest absolute Gasteiger partial charge is 0.417 e. The van der Waals surface area contributed by atoms with Crippen molar-refractivity contribution in [3.8, 4) is 0 Å². The highest BCUT2D eigenvalue weighted by Gasteiger charge is 2.36. The van der Waals surface area contributed by atoms with Gasteiger partial charge in [-0.3, -0.25) is 0 Å². The molecule has 132 valence electrons. The van der Waals surface area contributed by atoms with Gasteiger partial charge in [0, 0.05) is 6.61 Å². The van der Waals surface area contributed by atoms with Crippen molar-refractivity contribution in [2.45, 2.75) is 96.6 Å². The summed E-state index contributed by atoms with van der Waals surface area (Å²) in [6.45, 7) is 14.2. The summed E-state index contributed by atoms with van der Waals surface area (Å²) in [5.74, 6) is 0. The molecule has 0 amide bonds. The number of hydrogen-bond donors (Lipinski definition) is 2. The minimum atomic E-state index is -1.61. The van der Waals surface area contributed by atoms with E-state index in [1.165, 1.54) is 0 Å². The van der Waals surface area contributed by atoms with Crippen LogP contribution in [-0.2, 0) is 4.43 Å². The Kier molecular flexibility index (Phi) is 10.5. The second-order valence-corrected chi connectivity index (χ2v) is 12.5. The van der Waals surface area contributed by atoms with Crippen LogP contribution >= 0.6 is 0 Å². The summed E-state index contributed by atoms with van der Waals surface area (Å²) in [6.07, 6.45) is 8.06. The van der Waals surface area contributed by atoms with Gasteiger partial charge in [-0.25, -0.2) is 0 Å². The van der Waals surface area contributed by atoms with Crippen LogP contribution in [0.25, 0.3) is 0 Å². The molecule has 0 fully saturated rings. The molecule has 0 aromatic heterocycles. The Bertz CT molecular complexity index is 308. The third-order valence-electron chi connectivity index (χ3n) is 4.62. The van der Waals surface area contributed by atoms with Crippen LogP contribution in [0, 0.1) is 0 Å². The molecule has 0 saturated carbocycles. The highest BCUT2D eigenvalue weighted by atomic mass is 28.4. The number of rotatable bonds is 11. The number of hydrogen-bond acceptors (Lipinski definition) is 3. The SMILES string of the molecule is CCCC[C@H](O)[C@@H](O)/C=C\CCCCO[Si](C)(C)C(C)(C)C. The van der Waals surface area contributed by atoms with Gasteiger partial charge in [0.15, 0.2) is 8.32 Å². The maximum Gasteiger partial charge on any atom is 0.191 e. The van der Waals surface area contributed by atoms with Crippen molar-refractivity contribution in [2.75, 3.05) is 6.61 Å². The summed E-state index contributed by atoms with van der Waals surface area (Å²) in [7, 11) is -1.61. The third kappa shape index (κ3) is 9.08. The lowest BCUT2D eigenvalue weighted by Gasteiger charge is -2.36. The summed E-state index contributed by atoms with van der Waals surface area (Å²) in [5, 5.41) is 19.8. The molecular weight excluding hydrogens is 292 g/mol. The Labute approximate surface area is 138 Å². The molecule has 0 spiro atoms. The fraction of sp³-hybridized carbons (Fsp3) is 0.889. The summed E-state index contributed by atoms with van der Waals surface area (Å²) in [5.41, 5.74) is 0. The van der Waals surface area contributed by atoms with E-state index in [0.717, 1.165) is 38.7 Å². The molecule has 4 heteroatoms. The Balaban J connectivity index is 3.79. The average molecular weight is 331 g/mol. The third-order valence-corrected chi connectivity index (χ3v) is 9.15. The van der Waals surface area contributed by atoms with Crippen LogP contribution in [0.4, 0.5) is 0 Å². The highest BCUT2D eigenvalue weighted by molar-refractivity contribution is 6.74. The van der Waals surface area contributed by atoms with Crippen molar-refractivity contribution < 1.29 is 14.6 Å². The van der Waals surface area contributed by atoms with E-state index >= 15 is 0 Å². The second-order valence-electron chi connectivity index (χ2n) is 7.73. The fourth-order valence-electron chi connectivity index (χ4n) is 1.86. The predicted octanol–water partition coefficient (Wildman–Crippen LogP) is 4.65.